The Bertz CT molecular complexity index is 1080. The molecular formula is C24H31F3N4O6S. The van der Waals surface area contributed by atoms with E-state index < -0.39 is 37.9 Å². The average Bonchev–Trinajstić information content (AvgIpc) is 3.19. The van der Waals surface area contributed by atoms with Crippen LogP contribution in [0.2, 0.25) is 0 Å². The number of aryl methyl sites for hydroxylation is 1. The monoisotopic (exact) mass is 560 g/mol. The molecule has 1 atom stereocenters. The zero-order valence-electron chi connectivity index (χ0n) is 21.5. The van der Waals surface area contributed by atoms with E-state index in [4.69, 9.17) is 31.2 Å². The smallest absolute Gasteiger partial charge is 0.413 e. The number of anilines is 1. The summed E-state index contributed by atoms with van der Waals surface area (Å²) in [6, 6.07) is 7.10. The first kappa shape index (κ1) is 30.8. The van der Waals surface area contributed by atoms with Gasteiger partial charge in [-0.15, -0.1) is 0 Å². The molecule has 0 fully saturated rings. The molecule has 0 aliphatic heterocycles. The van der Waals surface area contributed by atoms with Crippen LogP contribution in [0.5, 0.6) is 5.75 Å². The van der Waals surface area contributed by atoms with Crippen molar-refractivity contribution in [3.8, 4) is 5.75 Å². The van der Waals surface area contributed by atoms with Gasteiger partial charge in [-0.2, -0.15) is 5.10 Å². The lowest BCUT2D eigenvalue weighted by Crippen LogP contribution is -2.45. The van der Waals surface area contributed by atoms with Crippen LogP contribution in [0, 0.1) is 6.92 Å². The normalized spacial score (nSPS) is 11.7. The molecule has 0 spiro atoms. The van der Waals surface area contributed by atoms with Gasteiger partial charge in [-0.25, -0.2) is 22.8 Å². The number of halogens is 3. The van der Waals surface area contributed by atoms with E-state index in [1.54, 1.807) is 52.1 Å². The van der Waals surface area contributed by atoms with Crippen molar-refractivity contribution in [1.82, 2.24) is 15.1 Å². The molecule has 0 aliphatic rings. The molecule has 1 N–H and O–H groups in total. The predicted octanol–water partition coefficient (Wildman–Crippen LogP) is 3.88. The van der Waals surface area contributed by atoms with Crippen molar-refractivity contribution in [2.45, 2.75) is 39.8 Å². The van der Waals surface area contributed by atoms with E-state index in [0.717, 1.165) is 5.56 Å². The summed E-state index contributed by atoms with van der Waals surface area (Å²) in [4.78, 5) is 26.4. The summed E-state index contributed by atoms with van der Waals surface area (Å²) in [5.74, 6) is -0.0793. The highest BCUT2D eigenvalue weighted by Crippen LogP contribution is 2.28. The molecule has 1 heterocycles. The third-order valence-corrected chi connectivity index (χ3v) is 5.46. The number of benzene rings is 1. The lowest BCUT2D eigenvalue weighted by Gasteiger charge is -2.26. The van der Waals surface area contributed by atoms with Gasteiger partial charge in [0.2, 0.25) is 0 Å². The highest BCUT2D eigenvalue weighted by atomic mass is 32.1. The van der Waals surface area contributed by atoms with Crippen molar-refractivity contribution < 1.29 is 41.7 Å². The van der Waals surface area contributed by atoms with E-state index in [1.165, 1.54) is 9.58 Å². The summed E-state index contributed by atoms with van der Waals surface area (Å²) in [6.07, 6.45) is -5.84. The second-order valence-electron chi connectivity index (χ2n) is 7.71. The van der Waals surface area contributed by atoms with Gasteiger partial charge in [0.15, 0.2) is 10.8 Å². The SMILES string of the molecule is CCOC(=O)NC(=S)N(CCOC(CF)C(F)F)c1c(C)nn(Cc2ccc(OC)cc2)c1C(=O)OCC. The van der Waals surface area contributed by atoms with Crippen molar-refractivity contribution in [2.24, 2.45) is 0 Å². The zero-order chi connectivity index (χ0) is 28.2. The van der Waals surface area contributed by atoms with Crippen molar-refractivity contribution in [3.63, 3.8) is 0 Å². The van der Waals surface area contributed by atoms with Crippen LogP contribution in [0.15, 0.2) is 24.3 Å². The second-order valence-corrected chi connectivity index (χ2v) is 8.10. The topological polar surface area (TPSA) is 104 Å². The molecule has 14 heteroatoms. The highest BCUT2D eigenvalue weighted by molar-refractivity contribution is 7.80. The number of thiocarbonyl (C=S) groups is 1. The molecule has 0 bridgehead atoms. The quantitative estimate of drug-likeness (QED) is 0.289. The lowest BCUT2D eigenvalue weighted by atomic mass is 10.2. The third kappa shape index (κ3) is 8.31. The summed E-state index contributed by atoms with van der Waals surface area (Å²) in [5, 5.41) is 6.63. The Morgan fingerprint density at radius 2 is 1.82 bits per heavy atom. The molecule has 210 valence electrons. The number of nitrogens with one attached hydrogen (secondary N) is 1. The molecule has 38 heavy (non-hydrogen) atoms. The van der Waals surface area contributed by atoms with Gasteiger partial charge in [-0.1, -0.05) is 12.1 Å². The summed E-state index contributed by atoms with van der Waals surface area (Å²) in [6.45, 7) is 3.10. The summed E-state index contributed by atoms with van der Waals surface area (Å²) < 4.78 is 60.6. The van der Waals surface area contributed by atoms with Crippen molar-refractivity contribution in [2.75, 3.05) is 45.0 Å². The zero-order valence-corrected chi connectivity index (χ0v) is 22.4. The highest BCUT2D eigenvalue weighted by Gasteiger charge is 2.30. The summed E-state index contributed by atoms with van der Waals surface area (Å²) in [5.41, 5.74) is 1.28. The minimum absolute atomic E-state index is 0.00378. The van der Waals surface area contributed by atoms with Crippen LogP contribution < -0.4 is 15.0 Å². The molecule has 1 aromatic carbocycles. The Kier molecular flexibility index (Phi) is 12.3. The van der Waals surface area contributed by atoms with Gasteiger partial charge < -0.3 is 23.8 Å². The number of rotatable bonds is 13. The number of hydrogen-bond donors (Lipinski definition) is 1. The second kappa shape index (κ2) is 15.1. The molecule has 10 nitrogen and oxygen atoms in total. The van der Waals surface area contributed by atoms with E-state index in [2.05, 4.69) is 10.4 Å². The first-order valence-electron chi connectivity index (χ1n) is 11.7. The third-order valence-electron chi connectivity index (χ3n) is 5.14. The van der Waals surface area contributed by atoms with Crippen LogP contribution in [0.1, 0.15) is 35.6 Å². The number of aromatic nitrogens is 2. The largest absolute Gasteiger partial charge is 0.497 e. The maximum Gasteiger partial charge on any atom is 0.413 e. The lowest BCUT2D eigenvalue weighted by molar-refractivity contribution is -0.0628. The Morgan fingerprint density at radius 3 is 2.37 bits per heavy atom. The molecule has 1 aromatic heterocycles. The van der Waals surface area contributed by atoms with E-state index in [0.29, 0.717) is 11.4 Å². The van der Waals surface area contributed by atoms with Gasteiger partial charge in [-0.05, 0) is 50.7 Å². The minimum atomic E-state index is -3.04. The number of alkyl halides is 3. The van der Waals surface area contributed by atoms with E-state index in [-0.39, 0.29) is 42.8 Å². The standard InChI is InChI=1S/C24H31F3N4O6S/c1-5-35-22(32)20-19(15(3)29-31(20)14-16-7-9-17(34-4)10-8-16)30(23(38)28-24(33)36-6-2)11-12-37-18(13-25)21(26)27/h7-10,18,21H,5-6,11-14H2,1-4H3,(H,28,33,38). The number of nitrogens with zero attached hydrogens (tertiary/aromatic N) is 3. The van der Waals surface area contributed by atoms with E-state index in [9.17, 15) is 22.8 Å². The van der Waals surface area contributed by atoms with E-state index >= 15 is 0 Å². The maximum absolute atomic E-state index is 13.1. The molecule has 1 unspecified atom stereocenters. The molecule has 0 saturated heterocycles. The number of amides is 1. The molecule has 2 aromatic rings. The van der Waals surface area contributed by atoms with Crippen LogP contribution in [0.3, 0.4) is 0 Å². The van der Waals surface area contributed by atoms with Gasteiger partial charge in [0.1, 0.15) is 18.5 Å². The summed E-state index contributed by atoms with van der Waals surface area (Å²) in [7, 11) is 1.54. The summed E-state index contributed by atoms with van der Waals surface area (Å²) >= 11 is 5.38. The Hall–Kier alpha value is -3.39. The van der Waals surface area contributed by atoms with Crippen LogP contribution in [0.4, 0.5) is 23.7 Å². The number of methoxy groups -OCH3 is 1. The average molecular weight is 561 g/mol. The Labute approximate surface area is 224 Å². The number of alkyl carbamates (subject to hydrolysis) is 1. The number of esters is 1. The van der Waals surface area contributed by atoms with Crippen LogP contribution in [0.25, 0.3) is 0 Å². The maximum atomic E-state index is 13.1. The number of carbonyl (C=O) groups excluding carboxylic acids is 2. The van der Waals surface area contributed by atoms with Gasteiger partial charge in [0.05, 0.1) is 44.9 Å². The molecular weight excluding hydrogens is 529 g/mol. The molecule has 1 amide bonds. The van der Waals surface area contributed by atoms with Crippen LogP contribution in [-0.4, -0.2) is 79.6 Å². The van der Waals surface area contributed by atoms with Gasteiger partial charge in [0, 0.05) is 6.54 Å². The van der Waals surface area contributed by atoms with Crippen molar-refractivity contribution in [3.05, 3.63) is 41.2 Å². The molecule has 0 saturated carbocycles. The molecule has 0 radical (unpaired) electrons. The van der Waals surface area contributed by atoms with E-state index in [1.807, 2.05) is 0 Å². The first-order chi connectivity index (χ1) is 18.2. The van der Waals surface area contributed by atoms with Crippen molar-refractivity contribution >= 4 is 35.1 Å². The van der Waals surface area contributed by atoms with Gasteiger partial charge in [-0.3, -0.25) is 10.00 Å². The first-order valence-corrected chi connectivity index (χ1v) is 12.2. The van der Waals surface area contributed by atoms with Crippen molar-refractivity contribution in [1.29, 1.82) is 0 Å². The van der Waals surface area contributed by atoms with Gasteiger partial charge >= 0.3 is 12.1 Å². The fourth-order valence-corrected chi connectivity index (χ4v) is 3.70. The number of ether oxygens (including phenoxy) is 4. The predicted molar refractivity (Wildman–Crippen MR) is 137 cm³/mol. The number of hydrogen-bond acceptors (Lipinski definition) is 8. The number of carbonyl (C=O) groups is 2. The fourth-order valence-electron chi connectivity index (χ4n) is 3.43. The minimum Gasteiger partial charge on any atom is -0.497 e. The molecule has 0 aliphatic carbocycles. The molecule has 2 rings (SSSR count). The van der Waals surface area contributed by atoms with Crippen LogP contribution >= 0.6 is 12.2 Å². The van der Waals surface area contributed by atoms with Gasteiger partial charge in [0.25, 0.3) is 6.43 Å². The fraction of sp³-hybridized carbons (Fsp3) is 0.500. The Morgan fingerprint density at radius 1 is 1.16 bits per heavy atom. The van der Waals surface area contributed by atoms with Crippen LogP contribution in [-0.2, 0) is 20.8 Å². The Balaban J connectivity index is 2.50.